The number of ether oxygens (including phenoxy) is 5. The minimum atomic E-state index is -4.65. The van der Waals surface area contributed by atoms with Crippen molar-refractivity contribution in [2.75, 3.05) is 32.8 Å². The molecular weight excluding hydrogens is 891 g/mol. The summed E-state index contributed by atoms with van der Waals surface area (Å²) in [6.07, 6.45) is -5.03. The van der Waals surface area contributed by atoms with E-state index in [0.717, 1.165) is 28.8 Å². The van der Waals surface area contributed by atoms with Crippen LogP contribution in [-0.2, 0) is 30.2 Å². The first-order chi connectivity index (χ1) is 32.2. The van der Waals surface area contributed by atoms with Gasteiger partial charge in [-0.05, 0) is 86.8 Å². The van der Waals surface area contributed by atoms with E-state index in [1.165, 1.54) is 12.4 Å². The van der Waals surface area contributed by atoms with E-state index in [4.69, 9.17) is 42.7 Å². The topological polar surface area (TPSA) is 164 Å². The monoisotopic (exact) mass is 941 g/mol. The summed E-state index contributed by atoms with van der Waals surface area (Å²) in [6.45, 7) is 7.72. The predicted molar refractivity (Wildman–Crippen MR) is 243 cm³/mol. The van der Waals surface area contributed by atoms with Crippen LogP contribution in [0.1, 0.15) is 69.0 Å². The van der Waals surface area contributed by atoms with Crippen molar-refractivity contribution in [3.05, 3.63) is 138 Å². The average molecular weight is 942 g/mol. The number of hydrogen-bond donors (Lipinski definition) is 1. The highest BCUT2D eigenvalue weighted by Crippen LogP contribution is 2.50. The summed E-state index contributed by atoms with van der Waals surface area (Å²) in [6, 6.07) is 31.4. The van der Waals surface area contributed by atoms with Gasteiger partial charge < -0.3 is 38.0 Å². The minimum absolute atomic E-state index is 0.0255. The third-order valence-electron chi connectivity index (χ3n) is 11.0. The molecule has 2 aromatic heterocycles. The molecule has 1 N–H and O–H groups in total. The number of nitrogens with zero attached hydrogens (tertiary/aromatic N) is 6. The maximum atomic E-state index is 13.4. The molecule has 0 saturated carbocycles. The first-order valence-corrected chi connectivity index (χ1v) is 22.6. The molecule has 0 amide bonds. The van der Waals surface area contributed by atoms with Crippen molar-refractivity contribution in [1.82, 2.24) is 24.2 Å². The van der Waals surface area contributed by atoms with E-state index in [1.54, 1.807) is 25.1 Å². The molecule has 19 heteroatoms. The SMILES string of the molecule is COc1ccc(C(Nc2ncnc3c2ncn3[C@H]2C[C@H](OP(OCCC#N)N(C(C)C)C(C)C)[C@@H](COC(=O)Oc3cccc(C(F)(F)F)c3)O2)(c2ccccc2)c2ccc(OC)cc2)cc1. The zero-order valence-corrected chi connectivity index (χ0v) is 38.6. The standard InChI is InChI=1S/C48H51F3N7O8P/c1-31(2)58(32(3)4)67(63-25-11-24-52)66-40-27-42(65-41(40)28-62-46(59)64-39-15-10-14-36(26-39)48(49,50)51)57-30-55-43-44(53-29-54-45(43)57)56-47(33-12-8-7-9-13-33,34-16-20-37(60-5)21-17-34)35-18-22-38(61-6)23-19-35/h7-10,12-23,26,29-32,40-42H,11,25,27-28H2,1-6H3,(H,53,54,56)/t40-,41+,42+,67?/m0/s1. The van der Waals surface area contributed by atoms with Gasteiger partial charge in [0.15, 0.2) is 17.0 Å². The Morgan fingerprint density at radius 1 is 0.866 bits per heavy atom. The van der Waals surface area contributed by atoms with Gasteiger partial charge >= 0.3 is 12.3 Å². The van der Waals surface area contributed by atoms with Crippen molar-refractivity contribution >= 4 is 31.7 Å². The fourth-order valence-corrected chi connectivity index (χ4v) is 9.73. The molecule has 352 valence electrons. The van der Waals surface area contributed by atoms with Gasteiger partial charge in [-0.25, -0.2) is 24.4 Å². The van der Waals surface area contributed by atoms with Crippen LogP contribution in [0.3, 0.4) is 0 Å². The quantitative estimate of drug-likeness (QED) is 0.0268. The molecule has 0 bridgehead atoms. The summed E-state index contributed by atoms with van der Waals surface area (Å²) >= 11 is 0. The fraction of sp³-hybridized carbons (Fsp3) is 0.354. The number of imidazole rings is 1. The molecule has 67 heavy (non-hydrogen) atoms. The van der Waals surface area contributed by atoms with Gasteiger partial charge in [-0.2, -0.15) is 18.4 Å². The van der Waals surface area contributed by atoms with Crippen molar-refractivity contribution in [2.45, 2.75) is 82.8 Å². The Kier molecular flexibility index (Phi) is 15.6. The predicted octanol–water partition coefficient (Wildman–Crippen LogP) is 10.4. The molecule has 1 unspecified atom stereocenters. The second-order valence-electron chi connectivity index (χ2n) is 16.0. The molecule has 3 heterocycles. The smallest absolute Gasteiger partial charge is 0.497 e. The van der Waals surface area contributed by atoms with Crippen molar-refractivity contribution in [2.24, 2.45) is 0 Å². The third-order valence-corrected chi connectivity index (χ3v) is 13.2. The third kappa shape index (κ3) is 11.1. The summed E-state index contributed by atoms with van der Waals surface area (Å²) in [5, 5.41) is 13.1. The van der Waals surface area contributed by atoms with Crippen LogP contribution in [0.15, 0.2) is 116 Å². The Morgan fingerprint density at radius 2 is 1.49 bits per heavy atom. The largest absolute Gasteiger partial charge is 0.513 e. The summed E-state index contributed by atoms with van der Waals surface area (Å²) < 4.78 is 85.3. The van der Waals surface area contributed by atoms with Crippen LogP contribution in [0, 0.1) is 11.3 Å². The molecule has 4 aromatic carbocycles. The van der Waals surface area contributed by atoms with E-state index >= 15 is 0 Å². The van der Waals surface area contributed by atoms with E-state index in [-0.39, 0.29) is 37.3 Å². The van der Waals surface area contributed by atoms with E-state index < -0.39 is 57.0 Å². The molecule has 1 saturated heterocycles. The number of halogens is 3. The Hall–Kier alpha value is -6.35. The number of nitrogens with one attached hydrogen (secondary N) is 1. The van der Waals surface area contributed by atoms with Crippen LogP contribution in [-0.4, -0.2) is 82.1 Å². The summed E-state index contributed by atoms with van der Waals surface area (Å²) in [7, 11) is 1.43. The number of anilines is 1. The number of nitriles is 1. The first-order valence-electron chi connectivity index (χ1n) is 21.5. The number of benzene rings is 4. The van der Waals surface area contributed by atoms with Crippen LogP contribution in [0.2, 0.25) is 0 Å². The molecule has 4 atom stereocenters. The number of carbonyl (C=O) groups is 1. The zero-order valence-electron chi connectivity index (χ0n) is 37.7. The number of fused-ring (bicyclic) bond motifs is 1. The van der Waals surface area contributed by atoms with Crippen molar-refractivity contribution in [1.29, 1.82) is 5.26 Å². The maximum Gasteiger partial charge on any atom is 0.513 e. The Morgan fingerprint density at radius 3 is 2.09 bits per heavy atom. The van der Waals surface area contributed by atoms with Gasteiger partial charge in [0.05, 0.1) is 51.3 Å². The van der Waals surface area contributed by atoms with Crippen molar-refractivity contribution in [3.63, 3.8) is 0 Å². The molecule has 1 aliphatic heterocycles. The van der Waals surface area contributed by atoms with Gasteiger partial charge in [-0.3, -0.25) is 4.57 Å². The fourth-order valence-electron chi connectivity index (χ4n) is 7.97. The molecule has 1 fully saturated rings. The van der Waals surface area contributed by atoms with Crippen LogP contribution in [0.5, 0.6) is 17.2 Å². The first kappa shape index (κ1) is 48.6. The molecule has 6 aromatic rings. The summed E-state index contributed by atoms with van der Waals surface area (Å²) in [5.74, 6) is 1.42. The highest BCUT2D eigenvalue weighted by atomic mass is 31.2. The lowest BCUT2D eigenvalue weighted by Gasteiger charge is -2.37. The normalized spacial score (nSPS) is 16.9. The average Bonchev–Trinajstić information content (AvgIpc) is 3.94. The van der Waals surface area contributed by atoms with E-state index in [2.05, 4.69) is 21.0 Å². The van der Waals surface area contributed by atoms with Crippen LogP contribution in [0.4, 0.5) is 23.8 Å². The second kappa shape index (κ2) is 21.5. The Labute approximate surface area is 387 Å². The maximum absolute atomic E-state index is 13.4. The van der Waals surface area contributed by atoms with Crippen LogP contribution in [0.25, 0.3) is 11.2 Å². The highest BCUT2D eigenvalue weighted by molar-refractivity contribution is 7.44. The minimum Gasteiger partial charge on any atom is -0.497 e. The Balaban J connectivity index is 1.24. The molecular formula is C48H51F3N7O8P. The Bertz CT molecular complexity index is 2560. The number of carbonyl (C=O) groups excluding carboxylic acids is 1. The van der Waals surface area contributed by atoms with Gasteiger partial charge in [-0.1, -0.05) is 60.7 Å². The van der Waals surface area contributed by atoms with E-state index in [0.29, 0.717) is 34.5 Å². The van der Waals surface area contributed by atoms with Crippen LogP contribution < -0.4 is 19.5 Å². The molecule has 0 radical (unpaired) electrons. The van der Waals surface area contributed by atoms with Gasteiger partial charge in [0, 0.05) is 18.5 Å². The summed E-state index contributed by atoms with van der Waals surface area (Å²) in [4.78, 5) is 27.2. The van der Waals surface area contributed by atoms with Gasteiger partial charge in [0.2, 0.25) is 0 Å². The summed E-state index contributed by atoms with van der Waals surface area (Å²) in [5.41, 5.74) is 1.44. The van der Waals surface area contributed by atoms with Gasteiger partial charge in [0.25, 0.3) is 8.53 Å². The second-order valence-corrected chi connectivity index (χ2v) is 17.4. The highest BCUT2D eigenvalue weighted by Gasteiger charge is 2.43. The van der Waals surface area contributed by atoms with Gasteiger partial charge in [0.1, 0.15) is 48.1 Å². The zero-order chi connectivity index (χ0) is 47.7. The van der Waals surface area contributed by atoms with E-state index in [1.807, 2.05) is 107 Å². The lowest BCUT2D eigenvalue weighted by Crippen LogP contribution is -2.38. The lowest BCUT2D eigenvalue weighted by molar-refractivity contribution is -0.137. The van der Waals surface area contributed by atoms with Crippen molar-refractivity contribution < 1.29 is 50.7 Å². The van der Waals surface area contributed by atoms with E-state index in [9.17, 15) is 23.2 Å². The molecule has 0 spiro atoms. The number of alkyl halides is 3. The molecule has 0 aliphatic carbocycles. The van der Waals surface area contributed by atoms with Gasteiger partial charge in [-0.15, -0.1) is 0 Å². The van der Waals surface area contributed by atoms with Crippen molar-refractivity contribution in [3.8, 4) is 23.3 Å². The lowest BCUT2D eigenvalue weighted by atomic mass is 9.77. The number of hydrogen-bond acceptors (Lipinski definition) is 14. The molecule has 7 rings (SSSR count). The number of rotatable bonds is 19. The van der Waals surface area contributed by atoms with Crippen LogP contribution >= 0.6 is 8.53 Å². The molecule has 1 aliphatic rings. The molecule has 15 nitrogen and oxygen atoms in total. The number of methoxy groups -OCH3 is 2. The number of aromatic nitrogens is 4.